The zero-order chi connectivity index (χ0) is 12.1. The molecule has 1 aliphatic rings. The predicted octanol–water partition coefficient (Wildman–Crippen LogP) is 1.50. The lowest BCUT2D eigenvalue weighted by Gasteiger charge is -2.31. The summed E-state index contributed by atoms with van der Waals surface area (Å²) in [5, 5.41) is 3.40. The molecule has 0 aromatic heterocycles. The molecular weight excluding hydrogens is 219 g/mol. The maximum Gasteiger partial charge on any atom is 0.123 e. The van der Waals surface area contributed by atoms with Crippen LogP contribution in [0, 0.1) is 5.82 Å². The first kappa shape index (κ1) is 12.3. The number of rotatable bonds is 4. The number of ether oxygens (including phenoxy) is 1. The number of hydrogen-bond acceptors (Lipinski definition) is 3. The van der Waals surface area contributed by atoms with E-state index in [1.807, 2.05) is 0 Å². The van der Waals surface area contributed by atoms with Crippen molar-refractivity contribution in [2.75, 3.05) is 32.8 Å². The summed E-state index contributed by atoms with van der Waals surface area (Å²) >= 11 is 0. The van der Waals surface area contributed by atoms with Crippen LogP contribution in [0.2, 0.25) is 0 Å². The lowest BCUT2D eigenvalue weighted by molar-refractivity contribution is 0.170. The number of halogens is 1. The molecule has 3 nitrogen and oxygen atoms in total. The van der Waals surface area contributed by atoms with Gasteiger partial charge in [-0.15, -0.1) is 0 Å². The minimum absolute atomic E-state index is 0.228. The summed E-state index contributed by atoms with van der Waals surface area (Å²) in [6.45, 7) is 6.93. The third kappa shape index (κ3) is 3.98. The molecule has 2 rings (SSSR count). The molecule has 0 saturated carbocycles. The Bertz CT molecular complexity index is 342. The lowest BCUT2D eigenvalue weighted by atomic mass is 10.2. The molecule has 1 saturated heterocycles. The zero-order valence-corrected chi connectivity index (χ0v) is 10.2. The van der Waals surface area contributed by atoms with E-state index in [9.17, 15) is 4.39 Å². The Balaban J connectivity index is 1.70. The predicted molar refractivity (Wildman–Crippen MR) is 65.8 cm³/mol. The summed E-state index contributed by atoms with van der Waals surface area (Å²) in [6, 6.07) is 6.71. The van der Waals surface area contributed by atoms with Crippen LogP contribution >= 0.6 is 0 Å². The van der Waals surface area contributed by atoms with Gasteiger partial charge in [0.1, 0.15) is 18.2 Å². The summed E-state index contributed by atoms with van der Waals surface area (Å²) in [7, 11) is 0. The van der Waals surface area contributed by atoms with Gasteiger partial charge < -0.3 is 10.1 Å². The second kappa shape index (κ2) is 5.98. The summed E-state index contributed by atoms with van der Waals surface area (Å²) < 4.78 is 18.2. The molecule has 17 heavy (non-hydrogen) atoms. The second-order valence-corrected chi connectivity index (χ2v) is 4.46. The normalized spacial score (nSPS) is 21.4. The SMILES string of the molecule is C[C@H]1CN(CCOc2ccc(F)cc2)CCN1. The molecule has 0 unspecified atom stereocenters. The number of nitrogens with zero attached hydrogens (tertiary/aromatic N) is 1. The quantitative estimate of drug-likeness (QED) is 0.860. The molecule has 1 aliphatic heterocycles. The molecule has 0 bridgehead atoms. The summed E-state index contributed by atoms with van der Waals surface area (Å²) in [4.78, 5) is 2.38. The van der Waals surface area contributed by atoms with Gasteiger partial charge in [0.25, 0.3) is 0 Å². The molecule has 1 N–H and O–H groups in total. The molecule has 1 fully saturated rings. The van der Waals surface area contributed by atoms with Crippen LogP contribution in [0.4, 0.5) is 4.39 Å². The van der Waals surface area contributed by atoms with Crippen molar-refractivity contribution in [1.29, 1.82) is 0 Å². The van der Waals surface area contributed by atoms with Gasteiger partial charge >= 0.3 is 0 Å². The van der Waals surface area contributed by atoms with Crippen molar-refractivity contribution in [3.8, 4) is 5.75 Å². The average molecular weight is 238 g/mol. The largest absolute Gasteiger partial charge is 0.492 e. The van der Waals surface area contributed by atoms with Gasteiger partial charge in [-0.1, -0.05) is 0 Å². The monoisotopic (exact) mass is 238 g/mol. The Hall–Kier alpha value is -1.13. The molecule has 0 amide bonds. The molecule has 0 aliphatic carbocycles. The maximum absolute atomic E-state index is 12.7. The molecular formula is C13H19FN2O. The van der Waals surface area contributed by atoms with Gasteiger partial charge in [0.15, 0.2) is 0 Å². The topological polar surface area (TPSA) is 24.5 Å². The van der Waals surface area contributed by atoms with E-state index in [1.165, 1.54) is 12.1 Å². The Morgan fingerprint density at radius 3 is 2.88 bits per heavy atom. The highest BCUT2D eigenvalue weighted by molar-refractivity contribution is 5.21. The highest BCUT2D eigenvalue weighted by Crippen LogP contribution is 2.11. The van der Waals surface area contributed by atoms with Gasteiger partial charge in [-0.2, -0.15) is 0 Å². The van der Waals surface area contributed by atoms with Gasteiger partial charge in [0, 0.05) is 32.2 Å². The minimum atomic E-state index is -0.228. The fourth-order valence-electron chi connectivity index (χ4n) is 2.04. The number of piperazine rings is 1. The van der Waals surface area contributed by atoms with Crippen LogP contribution in [0.1, 0.15) is 6.92 Å². The van der Waals surface area contributed by atoms with Crippen LogP contribution in [0.5, 0.6) is 5.75 Å². The van der Waals surface area contributed by atoms with Crippen molar-refractivity contribution in [2.24, 2.45) is 0 Å². The van der Waals surface area contributed by atoms with E-state index in [2.05, 4.69) is 17.1 Å². The van der Waals surface area contributed by atoms with Gasteiger partial charge in [0.05, 0.1) is 0 Å². The van der Waals surface area contributed by atoms with Crippen LogP contribution in [-0.4, -0.2) is 43.7 Å². The first-order valence-electron chi connectivity index (χ1n) is 6.08. The smallest absolute Gasteiger partial charge is 0.123 e. The Morgan fingerprint density at radius 1 is 1.41 bits per heavy atom. The number of benzene rings is 1. The van der Waals surface area contributed by atoms with Gasteiger partial charge in [-0.05, 0) is 31.2 Å². The van der Waals surface area contributed by atoms with Crippen molar-refractivity contribution in [1.82, 2.24) is 10.2 Å². The van der Waals surface area contributed by atoms with Crippen molar-refractivity contribution >= 4 is 0 Å². The Kier molecular flexibility index (Phi) is 4.34. The van der Waals surface area contributed by atoms with Gasteiger partial charge in [-0.25, -0.2) is 4.39 Å². The van der Waals surface area contributed by atoms with E-state index in [0.29, 0.717) is 12.6 Å². The van der Waals surface area contributed by atoms with Crippen molar-refractivity contribution in [2.45, 2.75) is 13.0 Å². The third-order valence-corrected chi connectivity index (χ3v) is 2.94. The van der Waals surface area contributed by atoms with Crippen molar-refractivity contribution in [3.05, 3.63) is 30.1 Å². The van der Waals surface area contributed by atoms with Crippen molar-refractivity contribution < 1.29 is 9.13 Å². The maximum atomic E-state index is 12.7. The van der Waals surface area contributed by atoms with E-state index in [1.54, 1.807) is 12.1 Å². The van der Waals surface area contributed by atoms with Crippen LogP contribution in [0.15, 0.2) is 24.3 Å². The van der Waals surface area contributed by atoms with Crippen LogP contribution in [0.3, 0.4) is 0 Å². The molecule has 1 heterocycles. The number of hydrogen-bond donors (Lipinski definition) is 1. The molecule has 1 aromatic carbocycles. The average Bonchev–Trinajstić information content (AvgIpc) is 2.32. The Morgan fingerprint density at radius 2 is 2.18 bits per heavy atom. The fraction of sp³-hybridized carbons (Fsp3) is 0.538. The lowest BCUT2D eigenvalue weighted by Crippen LogP contribution is -2.50. The highest BCUT2D eigenvalue weighted by atomic mass is 19.1. The van der Waals surface area contributed by atoms with Crippen LogP contribution < -0.4 is 10.1 Å². The molecule has 1 aromatic rings. The van der Waals surface area contributed by atoms with E-state index < -0.39 is 0 Å². The van der Waals surface area contributed by atoms with Crippen LogP contribution in [0.25, 0.3) is 0 Å². The van der Waals surface area contributed by atoms with Gasteiger partial charge in [-0.3, -0.25) is 4.90 Å². The Labute approximate surface area is 102 Å². The fourth-order valence-corrected chi connectivity index (χ4v) is 2.04. The standard InChI is InChI=1S/C13H19FN2O/c1-11-10-16(7-6-15-11)8-9-17-13-4-2-12(14)3-5-13/h2-5,11,15H,6-10H2,1H3/t11-/m0/s1. The minimum Gasteiger partial charge on any atom is -0.492 e. The van der Waals surface area contributed by atoms with E-state index in [0.717, 1.165) is 31.9 Å². The highest BCUT2D eigenvalue weighted by Gasteiger charge is 2.14. The molecule has 1 atom stereocenters. The van der Waals surface area contributed by atoms with E-state index in [-0.39, 0.29) is 5.82 Å². The van der Waals surface area contributed by atoms with Crippen molar-refractivity contribution in [3.63, 3.8) is 0 Å². The van der Waals surface area contributed by atoms with E-state index >= 15 is 0 Å². The number of nitrogens with one attached hydrogen (secondary N) is 1. The summed E-state index contributed by atoms with van der Waals surface area (Å²) in [6.07, 6.45) is 0. The molecule has 94 valence electrons. The molecule has 4 heteroatoms. The second-order valence-electron chi connectivity index (χ2n) is 4.46. The summed E-state index contributed by atoms with van der Waals surface area (Å²) in [5.41, 5.74) is 0. The van der Waals surface area contributed by atoms with E-state index in [4.69, 9.17) is 4.74 Å². The first-order chi connectivity index (χ1) is 8.24. The first-order valence-corrected chi connectivity index (χ1v) is 6.08. The third-order valence-electron chi connectivity index (χ3n) is 2.94. The summed E-state index contributed by atoms with van der Waals surface area (Å²) in [5.74, 6) is 0.503. The molecule has 0 radical (unpaired) electrons. The van der Waals surface area contributed by atoms with Gasteiger partial charge in [0.2, 0.25) is 0 Å². The van der Waals surface area contributed by atoms with Crippen LogP contribution in [-0.2, 0) is 0 Å². The molecule has 0 spiro atoms. The zero-order valence-electron chi connectivity index (χ0n) is 10.2.